The minimum atomic E-state index is -3.61. The lowest BCUT2D eigenvalue weighted by molar-refractivity contribution is 0.373. The van der Waals surface area contributed by atoms with Gasteiger partial charge in [-0.25, -0.2) is 18.4 Å². The molecule has 2 aromatic rings. The second-order valence-corrected chi connectivity index (χ2v) is 8.40. The summed E-state index contributed by atoms with van der Waals surface area (Å²) in [7, 11) is -2.11. The van der Waals surface area contributed by atoms with E-state index in [9.17, 15) is 8.42 Å². The predicted octanol–water partition coefficient (Wildman–Crippen LogP) is 1.92. The van der Waals surface area contributed by atoms with Crippen molar-refractivity contribution in [3.05, 3.63) is 41.3 Å². The van der Waals surface area contributed by atoms with E-state index in [0.29, 0.717) is 31.9 Å². The van der Waals surface area contributed by atoms with Crippen LogP contribution in [0.1, 0.15) is 16.8 Å². The lowest BCUT2D eigenvalue weighted by Gasteiger charge is -2.35. The van der Waals surface area contributed by atoms with Gasteiger partial charge in [0.2, 0.25) is 10.0 Å². The van der Waals surface area contributed by atoms with Gasteiger partial charge >= 0.3 is 0 Å². The van der Waals surface area contributed by atoms with E-state index in [4.69, 9.17) is 4.74 Å². The smallest absolute Gasteiger partial charge is 0.246 e. The highest BCUT2D eigenvalue weighted by Crippen LogP contribution is 2.30. The molecule has 0 aliphatic carbocycles. The van der Waals surface area contributed by atoms with Crippen LogP contribution in [0.15, 0.2) is 29.4 Å². The Bertz CT molecular complexity index is 907. The zero-order valence-corrected chi connectivity index (χ0v) is 16.4. The lowest BCUT2D eigenvalue weighted by Crippen LogP contribution is -2.49. The minimum absolute atomic E-state index is 0.231. The standard InChI is InChI=1S/C18H24N4O3S/c1-13-9-16(25-4)17(10-14(13)2)26(23,24)22-7-5-21(6-8-22)18-11-15(3)19-12-20-18/h9-12H,5-8H2,1-4H3. The number of aromatic nitrogens is 2. The molecule has 3 rings (SSSR count). The Morgan fingerprint density at radius 1 is 0.962 bits per heavy atom. The molecular formula is C18H24N4O3S. The molecule has 2 heterocycles. The molecule has 8 heteroatoms. The zero-order chi connectivity index (χ0) is 18.9. The molecule has 0 amide bonds. The Morgan fingerprint density at radius 3 is 2.23 bits per heavy atom. The number of benzene rings is 1. The third-order valence-electron chi connectivity index (χ3n) is 4.75. The molecule has 0 saturated carbocycles. The van der Waals surface area contributed by atoms with Crippen LogP contribution in [0.2, 0.25) is 0 Å². The second kappa shape index (κ2) is 7.20. The molecule has 0 atom stereocenters. The molecule has 0 spiro atoms. The molecule has 1 aromatic carbocycles. The maximum absolute atomic E-state index is 13.1. The fourth-order valence-corrected chi connectivity index (χ4v) is 4.68. The molecule has 0 N–H and O–H groups in total. The van der Waals surface area contributed by atoms with Gasteiger partial charge in [-0.1, -0.05) is 0 Å². The highest BCUT2D eigenvalue weighted by Gasteiger charge is 2.31. The van der Waals surface area contributed by atoms with Gasteiger partial charge < -0.3 is 9.64 Å². The van der Waals surface area contributed by atoms with Gasteiger partial charge in [-0.2, -0.15) is 4.31 Å². The van der Waals surface area contributed by atoms with Crippen molar-refractivity contribution in [1.29, 1.82) is 0 Å². The predicted molar refractivity (Wildman–Crippen MR) is 100 cm³/mol. The number of rotatable bonds is 4. The minimum Gasteiger partial charge on any atom is -0.495 e. The molecule has 1 aromatic heterocycles. The van der Waals surface area contributed by atoms with Crippen molar-refractivity contribution in [2.45, 2.75) is 25.7 Å². The molecule has 1 saturated heterocycles. The molecule has 7 nitrogen and oxygen atoms in total. The van der Waals surface area contributed by atoms with E-state index in [2.05, 4.69) is 14.9 Å². The molecule has 1 fully saturated rings. The first-order valence-electron chi connectivity index (χ1n) is 8.52. The summed E-state index contributed by atoms with van der Waals surface area (Å²) in [6.45, 7) is 7.74. The number of nitrogens with zero attached hydrogens (tertiary/aromatic N) is 4. The fourth-order valence-electron chi connectivity index (χ4n) is 3.03. The van der Waals surface area contributed by atoms with E-state index in [-0.39, 0.29) is 4.90 Å². The van der Waals surface area contributed by atoms with Gasteiger partial charge in [-0.3, -0.25) is 0 Å². The summed E-state index contributed by atoms with van der Waals surface area (Å²) >= 11 is 0. The van der Waals surface area contributed by atoms with Crippen molar-refractivity contribution >= 4 is 15.8 Å². The van der Waals surface area contributed by atoms with Crippen molar-refractivity contribution in [3.63, 3.8) is 0 Å². The van der Waals surface area contributed by atoms with Crippen LogP contribution in [0, 0.1) is 20.8 Å². The Kier molecular flexibility index (Phi) is 5.15. The molecule has 26 heavy (non-hydrogen) atoms. The number of sulfonamides is 1. The van der Waals surface area contributed by atoms with E-state index in [1.165, 1.54) is 17.7 Å². The molecular weight excluding hydrogens is 352 g/mol. The van der Waals surface area contributed by atoms with E-state index >= 15 is 0 Å². The summed E-state index contributed by atoms with van der Waals surface area (Å²) in [5, 5.41) is 0. The fraction of sp³-hybridized carbons (Fsp3) is 0.444. The Morgan fingerprint density at radius 2 is 1.62 bits per heavy atom. The number of ether oxygens (including phenoxy) is 1. The van der Waals surface area contributed by atoms with Crippen molar-refractivity contribution in [3.8, 4) is 5.75 Å². The Labute approximate surface area is 154 Å². The average molecular weight is 376 g/mol. The quantitative estimate of drug-likeness (QED) is 0.812. The van der Waals surface area contributed by atoms with Crippen molar-refractivity contribution < 1.29 is 13.2 Å². The molecule has 0 radical (unpaired) electrons. The summed E-state index contributed by atoms with van der Waals surface area (Å²) in [6, 6.07) is 5.39. The largest absolute Gasteiger partial charge is 0.495 e. The number of hydrogen-bond acceptors (Lipinski definition) is 6. The first kappa shape index (κ1) is 18.6. The van der Waals surface area contributed by atoms with Gasteiger partial charge in [0, 0.05) is 37.9 Å². The van der Waals surface area contributed by atoms with Gasteiger partial charge in [0.1, 0.15) is 22.8 Å². The van der Waals surface area contributed by atoms with Crippen LogP contribution in [0.5, 0.6) is 5.75 Å². The molecule has 1 aliphatic heterocycles. The SMILES string of the molecule is COc1cc(C)c(C)cc1S(=O)(=O)N1CCN(c2cc(C)ncn2)CC1. The van der Waals surface area contributed by atoms with Gasteiger partial charge in [0.05, 0.1) is 7.11 Å². The average Bonchev–Trinajstić information content (AvgIpc) is 2.63. The third kappa shape index (κ3) is 3.52. The Balaban J connectivity index is 1.81. The highest BCUT2D eigenvalue weighted by molar-refractivity contribution is 7.89. The number of hydrogen-bond donors (Lipinski definition) is 0. The van der Waals surface area contributed by atoms with Crippen LogP contribution in [0.4, 0.5) is 5.82 Å². The summed E-state index contributed by atoms with van der Waals surface area (Å²) in [5.74, 6) is 1.22. The molecule has 0 unspecified atom stereocenters. The van der Waals surface area contributed by atoms with Crippen LogP contribution in [0.3, 0.4) is 0 Å². The van der Waals surface area contributed by atoms with Crippen molar-refractivity contribution in [2.24, 2.45) is 0 Å². The summed E-state index contributed by atoms with van der Waals surface area (Å²) in [5.41, 5.74) is 2.83. The van der Waals surface area contributed by atoms with Crippen LogP contribution in [0.25, 0.3) is 0 Å². The zero-order valence-electron chi connectivity index (χ0n) is 15.6. The third-order valence-corrected chi connectivity index (χ3v) is 6.67. The van der Waals surface area contributed by atoms with Gasteiger partial charge in [0.15, 0.2) is 0 Å². The first-order chi connectivity index (χ1) is 12.3. The van der Waals surface area contributed by atoms with Crippen molar-refractivity contribution in [2.75, 3.05) is 38.2 Å². The van der Waals surface area contributed by atoms with E-state index in [1.807, 2.05) is 26.8 Å². The molecule has 140 valence electrons. The normalized spacial score (nSPS) is 15.9. The van der Waals surface area contributed by atoms with E-state index in [0.717, 1.165) is 22.6 Å². The van der Waals surface area contributed by atoms with Crippen LogP contribution >= 0.6 is 0 Å². The number of piperazine rings is 1. The molecule has 0 bridgehead atoms. The van der Waals surface area contributed by atoms with E-state index in [1.54, 1.807) is 12.1 Å². The van der Waals surface area contributed by atoms with Gasteiger partial charge in [-0.05, 0) is 44.0 Å². The highest BCUT2D eigenvalue weighted by atomic mass is 32.2. The Hall–Kier alpha value is -2.19. The van der Waals surface area contributed by atoms with Crippen LogP contribution in [-0.2, 0) is 10.0 Å². The number of methoxy groups -OCH3 is 1. The maximum Gasteiger partial charge on any atom is 0.246 e. The maximum atomic E-state index is 13.1. The van der Waals surface area contributed by atoms with Crippen LogP contribution in [-0.4, -0.2) is 56.0 Å². The number of anilines is 1. The monoisotopic (exact) mass is 376 g/mol. The number of aryl methyl sites for hydroxylation is 3. The lowest BCUT2D eigenvalue weighted by atomic mass is 10.1. The summed E-state index contributed by atoms with van der Waals surface area (Å²) in [6.07, 6.45) is 1.54. The molecule has 1 aliphatic rings. The van der Waals surface area contributed by atoms with Gasteiger partial charge in [0.25, 0.3) is 0 Å². The van der Waals surface area contributed by atoms with Gasteiger partial charge in [-0.15, -0.1) is 0 Å². The van der Waals surface area contributed by atoms with Crippen molar-refractivity contribution in [1.82, 2.24) is 14.3 Å². The first-order valence-corrected chi connectivity index (χ1v) is 9.96. The summed E-state index contributed by atoms with van der Waals surface area (Å²) in [4.78, 5) is 10.7. The topological polar surface area (TPSA) is 75.6 Å². The van der Waals surface area contributed by atoms with E-state index < -0.39 is 10.0 Å². The van der Waals surface area contributed by atoms with Crippen LogP contribution < -0.4 is 9.64 Å². The second-order valence-electron chi connectivity index (χ2n) is 6.50. The summed E-state index contributed by atoms with van der Waals surface area (Å²) < 4.78 is 33.1.